The van der Waals surface area contributed by atoms with Crippen molar-refractivity contribution < 1.29 is 4.79 Å². The highest BCUT2D eigenvalue weighted by molar-refractivity contribution is 5.79. The number of para-hydroxylation sites is 1. The molecule has 1 atom stereocenters. The van der Waals surface area contributed by atoms with Crippen molar-refractivity contribution in [3.05, 3.63) is 116 Å². The number of amides is 1. The first-order valence-corrected chi connectivity index (χ1v) is 11.8. The number of hydrogen-bond donors (Lipinski definition) is 2. The normalized spacial score (nSPS) is 20.1. The molecule has 7 rings (SSSR count). The lowest BCUT2D eigenvalue weighted by Crippen LogP contribution is -2.39. The van der Waals surface area contributed by atoms with Crippen molar-refractivity contribution in [3.63, 3.8) is 0 Å². The Morgan fingerprint density at radius 1 is 0.882 bits per heavy atom. The van der Waals surface area contributed by atoms with E-state index in [4.69, 9.17) is 0 Å². The molecule has 6 heteroatoms. The summed E-state index contributed by atoms with van der Waals surface area (Å²) in [6.07, 6.45) is 1.19. The summed E-state index contributed by atoms with van der Waals surface area (Å²) < 4.78 is 1.46. The molecule has 0 unspecified atom stereocenters. The Hall–Kier alpha value is -3.93. The van der Waals surface area contributed by atoms with Crippen LogP contribution in [-0.4, -0.2) is 22.0 Å². The Bertz CT molecular complexity index is 1490. The molecular weight excluding hydrogens is 426 g/mol. The summed E-state index contributed by atoms with van der Waals surface area (Å²) in [5, 5.41) is 3.56. The number of carbonyl (C=O) groups excluding carboxylic acids is 1. The van der Waals surface area contributed by atoms with Crippen LogP contribution in [0.1, 0.15) is 46.9 Å². The third kappa shape index (κ3) is 3.29. The van der Waals surface area contributed by atoms with Crippen molar-refractivity contribution in [3.8, 4) is 0 Å². The van der Waals surface area contributed by atoms with Crippen LogP contribution < -0.4 is 16.6 Å². The average Bonchev–Trinajstić information content (AvgIpc) is 2.87. The van der Waals surface area contributed by atoms with E-state index in [0.717, 1.165) is 6.42 Å². The largest absolute Gasteiger partial charge is 0.356 e. The number of aromatic amines is 1. The second-order valence-corrected chi connectivity index (χ2v) is 9.27. The van der Waals surface area contributed by atoms with E-state index >= 15 is 0 Å². The SMILES string of the molecule is O=C(CCn1c(=O)[nH]c(=O)c2ccccc21)NC[C@@H]1CC2c3ccccc3C1c1ccccc12. The van der Waals surface area contributed by atoms with Crippen LogP contribution in [0, 0.1) is 5.92 Å². The fourth-order valence-corrected chi connectivity index (χ4v) is 5.97. The molecule has 3 aromatic carbocycles. The minimum absolute atomic E-state index is 0.0924. The van der Waals surface area contributed by atoms with Gasteiger partial charge >= 0.3 is 5.69 Å². The van der Waals surface area contributed by atoms with Gasteiger partial charge in [0, 0.05) is 31.3 Å². The van der Waals surface area contributed by atoms with Crippen LogP contribution in [0.4, 0.5) is 0 Å². The Balaban J connectivity index is 1.18. The molecule has 0 radical (unpaired) electrons. The second kappa shape index (κ2) is 8.13. The van der Waals surface area contributed by atoms with Crippen LogP contribution in [-0.2, 0) is 11.3 Å². The second-order valence-electron chi connectivity index (χ2n) is 9.27. The number of nitrogens with one attached hydrogen (secondary N) is 2. The molecule has 0 aliphatic heterocycles. The summed E-state index contributed by atoms with van der Waals surface area (Å²) in [6.45, 7) is 0.814. The van der Waals surface area contributed by atoms with Gasteiger partial charge in [-0.1, -0.05) is 60.7 Å². The summed E-state index contributed by atoms with van der Waals surface area (Å²) in [6, 6.07) is 24.3. The highest BCUT2D eigenvalue weighted by Gasteiger charge is 2.42. The zero-order chi connectivity index (χ0) is 23.2. The molecule has 0 fully saturated rings. The number of carbonyl (C=O) groups is 1. The third-order valence-electron chi connectivity index (χ3n) is 7.45. The molecule has 2 N–H and O–H groups in total. The van der Waals surface area contributed by atoms with Crippen LogP contribution >= 0.6 is 0 Å². The molecule has 3 aliphatic carbocycles. The lowest BCUT2D eigenvalue weighted by Gasteiger charge is -2.45. The molecule has 1 amide bonds. The lowest BCUT2D eigenvalue weighted by molar-refractivity contribution is -0.121. The van der Waals surface area contributed by atoms with E-state index in [1.807, 2.05) is 0 Å². The van der Waals surface area contributed by atoms with E-state index in [-0.39, 0.29) is 24.8 Å². The summed E-state index contributed by atoms with van der Waals surface area (Å²) in [5.74, 6) is 0.884. The van der Waals surface area contributed by atoms with E-state index in [0.29, 0.717) is 29.3 Å². The monoisotopic (exact) mass is 451 g/mol. The van der Waals surface area contributed by atoms with Crippen molar-refractivity contribution in [2.75, 3.05) is 6.54 Å². The molecule has 1 aromatic heterocycles. The molecule has 0 saturated carbocycles. The van der Waals surface area contributed by atoms with Crippen LogP contribution in [0.15, 0.2) is 82.4 Å². The van der Waals surface area contributed by atoms with Gasteiger partial charge in [0.2, 0.25) is 5.91 Å². The Morgan fingerprint density at radius 2 is 1.50 bits per heavy atom. The van der Waals surface area contributed by atoms with Gasteiger partial charge in [-0.15, -0.1) is 0 Å². The molecule has 0 spiro atoms. The highest BCUT2D eigenvalue weighted by Crippen LogP contribution is 2.55. The predicted octanol–water partition coefficient (Wildman–Crippen LogP) is 3.49. The molecule has 0 saturated heterocycles. The number of fused-ring (bicyclic) bond motifs is 2. The third-order valence-corrected chi connectivity index (χ3v) is 7.45. The quantitative estimate of drug-likeness (QED) is 0.487. The van der Waals surface area contributed by atoms with Crippen molar-refractivity contribution >= 4 is 16.8 Å². The summed E-state index contributed by atoms with van der Waals surface area (Å²) in [7, 11) is 0. The minimum Gasteiger partial charge on any atom is -0.356 e. The van der Waals surface area contributed by atoms with E-state index < -0.39 is 11.2 Å². The fraction of sp³-hybridized carbons (Fsp3) is 0.250. The van der Waals surface area contributed by atoms with Crippen molar-refractivity contribution in [2.24, 2.45) is 5.92 Å². The Labute approximate surface area is 196 Å². The molecule has 170 valence electrons. The van der Waals surface area contributed by atoms with Gasteiger partial charge in [0.25, 0.3) is 5.56 Å². The summed E-state index contributed by atoms with van der Waals surface area (Å²) >= 11 is 0. The van der Waals surface area contributed by atoms with Crippen molar-refractivity contribution in [2.45, 2.75) is 31.2 Å². The van der Waals surface area contributed by atoms with Gasteiger partial charge in [-0.3, -0.25) is 19.1 Å². The molecule has 3 aliphatic rings. The van der Waals surface area contributed by atoms with E-state index in [1.165, 1.54) is 26.8 Å². The van der Waals surface area contributed by atoms with E-state index in [9.17, 15) is 14.4 Å². The van der Waals surface area contributed by atoms with Gasteiger partial charge in [-0.05, 0) is 46.7 Å². The smallest absolute Gasteiger partial charge is 0.328 e. The number of aromatic nitrogens is 2. The first-order chi connectivity index (χ1) is 16.6. The van der Waals surface area contributed by atoms with Gasteiger partial charge in [0.05, 0.1) is 10.9 Å². The minimum atomic E-state index is -0.491. The molecule has 6 nitrogen and oxygen atoms in total. The van der Waals surface area contributed by atoms with Gasteiger partial charge < -0.3 is 5.32 Å². The summed E-state index contributed by atoms with van der Waals surface area (Å²) in [5.41, 5.74) is 5.23. The van der Waals surface area contributed by atoms with Gasteiger partial charge in [0.15, 0.2) is 0 Å². The Kier molecular flexibility index (Phi) is 4.94. The van der Waals surface area contributed by atoms with Crippen LogP contribution in [0.5, 0.6) is 0 Å². The maximum Gasteiger partial charge on any atom is 0.328 e. The maximum atomic E-state index is 12.8. The van der Waals surface area contributed by atoms with Crippen molar-refractivity contribution in [1.29, 1.82) is 0 Å². The number of hydrogen-bond acceptors (Lipinski definition) is 3. The first-order valence-electron chi connectivity index (χ1n) is 11.8. The van der Waals surface area contributed by atoms with Gasteiger partial charge in [0.1, 0.15) is 0 Å². The molecular formula is C28H25N3O3. The van der Waals surface area contributed by atoms with Crippen LogP contribution in [0.25, 0.3) is 10.9 Å². The van der Waals surface area contributed by atoms with E-state index in [1.54, 1.807) is 24.3 Å². The topological polar surface area (TPSA) is 84.0 Å². The number of rotatable bonds is 5. The first kappa shape index (κ1) is 20.7. The molecule has 1 heterocycles. The zero-order valence-corrected chi connectivity index (χ0v) is 18.7. The van der Waals surface area contributed by atoms with Crippen LogP contribution in [0.3, 0.4) is 0 Å². The lowest BCUT2D eigenvalue weighted by atomic mass is 9.59. The standard InChI is InChI=1S/C28H25N3O3/c32-25(13-14-31-24-12-6-5-11-22(24)27(33)30-28(31)34)29-16-17-15-23-18-7-1-3-9-20(18)26(17)21-10-4-2-8-19(21)23/h1-12,17,23,26H,13-16H2,(H,29,32)(H,30,33,34)/t17-,23?,26?/m0/s1. The van der Waals surface area contributed by atoms with Gasteiger partial charge in [-0.25, -0.2) is 4.79 Å². The highest BCUT2D eigenvalue weighted by atomic mass is 16.2. The van der Waals surface area contributed by atoms with Gasteiger partial charge in [-0.2, -0.15) is 0 Å². The number of H-pyrrole nitrogens is 1. The number of nitrogens with zero attached hydrogens (tertiary/aromatic N) is 1. The van der Waals surface area contributed by atoms with E-state index in [2.05, 4.69) is 58.8 Å². The van der Waals surface area contributed by atoms with Crippen molar-refractivity contribution in [1.82, 2.24) is 14.9 Å². The summed E-state index contributed by atoms with van der Waals surface area (Å²) in [4.78, 5) is 39.5. The van der Waals surface area contributed by atoms with Crippen LogP contribution in [0.2, 0.25) is 0 Å². The molecule has 4 aromatic rings. The molecule has 34 heavy (non-hydrogen) atoms. The maximum absolute atomic E-state index is 12.8. The number of aryl methyl sites for hydroxylation is 1. The zero-order valence-electron chi connectivity index (χ0n) is 18.7. The Morgan fingerprint density at radius 3 is 2.21 bits per heavy atom. The average molecular weight is 452 g/mol. The molecule has 2 bridgehead atoms. The fourth-order valence-electron chi connectivity index (χ4n) is 5.97. The predicted molar refractivity (Wildman–Crippen MR) is 131 cm³/mol. The number of benzene rings is 3.